The molecule has 0 aliphatic heterocycles. The number of hydrogen-bond donors (Lipinski definition) is 2. The molecule has 17 heavy (non-hydrogen) atoms. The standard InChI is InChI=1S/C12H17FN2O2/c1-2-3-6-17-8-9-4-5-10(13)7-11(9)12(14)15-16/h4-5,7,16H,2-3,6,8H2,1H3,(H2,14,15). The molecule has 0 amide bonds. The Morgan fingerprint density at radius 2 is 2.29 bits per heavy atom. The average Bonchev–Trinajstić information content (AvgIpc) is 2.35. The van der Waals surface area contributed by atoms with Gasteiger partial charge in [0.1, 0.15) is 5.82 Å². The lowest BCUT2D eigenvalue weighted by Crippen LogP contribution is -2.16. The molecule has 0 atom stereocenters. The largest absolute Gasteiger partial charge is 0.409 e. The Hall–Kier alpha value is -1.62. The van der Waals surface area contributed by atoms with Crippen LogP contribution in [0.5, 0.6) is 0 Å². The summed E-state index contributed by atoms with van der Waals surface area (Å²) in [6.07, 6.45) is 2.02. The summed E-state index contributed by atoms with van der Waals surface area (Å²) in [6, 6.07) is 4.13. The van der Waals surface area contributed by atoms with E-state index in [9.17, 15) is 4.39 Å². The van der Waals surface area contributed by atoms with Crippen LogP contribution in [0.25, 0.3) is 0 Å². The average molecular weight is 240 g/mol. The quantitative estimate of drug-likeness (QED) is 0.263. The van der Waals surface area contributed by atoms with Crippen molar-refractivity contribution in [3.63, 3.8) is 0 Å². The second kappa shape index (κ2) is 6.85. The molecule has 5 heteroatoms. The maximum Gasteiger partial charge on any atom is 0.170 e. The molecule has 4 nitrogen and oxygen atoms in total. The fourth-order valence-corrected chi connectivity index (χ4v) is 1.40. The van der Waals surface area contributed by atoms with Crippen molar-refractivity contribution in [3.05, 3.63) is 35.1 Å². The molecule has 0 saturated carbocycles. The molecule has 0 heterocycles. The number of rotatable bonds is 6. The molecule has 0 unspecified atom stereocenters. The Bertz CT molecular complexity index is 394. The number of benzene rings is 1. The zero-order chi connectivity index (χ0) is 12.7. The normalized spacial score (nSPS) is 11.8. The number of unbranched alkanes of at least 4 members (excludes halogenated alkanes) is 1. The number of halogens is 1. The van der Waals surface area contributed by atoms with E-state index in [1.165, 1.54) is 12.1 Å². The van der Waals surface area contributed by atoms with Crippen LogP contribution in [0.2, 0.25) is 0 Å². The van der Waals surface area contributed by atoms with Gasteiger partial charge in [0.05, 0.1) is 6.61 Å². The highest BCUT2D eigenvalue weighted by Crippen LogP contribution is 2.12. The first-order valence-corrected chi connectivity index (χ1v) is 5.53. The molecule has 1 aromatic rings. The molecule has 3 N–H and O–H groups in total. The van der Waals surface area contributed by atoms with Crippen LogP contribution in [-0.4, -0.2) is 17.6 Å². The number of hydrogen-bond acceptors (Lipinski definition) is 3. The highest BCUT2D eigenvalue weighted by atomic mass is 19.1. The van der Waals surface area contributed by atoms with Crippen molar-refractivity contribution in [3.8, 4) is 0 Å². The first-order chi connectivity index (χ1) is 8.19. The number of amidine groups is 1. The summed E-state index contributed by atoms with van der Waals surface area (Å²) >= 11 is 0. The van der Waals surface area contributed by atoms with Gasteiger partial charge in [-0.15, -0.1) is 0 Å². The first kappa shape index (κ1) is 13.4. The van der Waals surface area contributed by atoms with Crippen LogP contribution in [-0.2, 0) is 11.3 Å². The summed E-state index contributed by atoms with van der Waals surface area (Å²) in [4.78, 5) is 0. The van der Waals surface area contributed by atoms with E-state index < -0.39 is 5.82 Å². The van der Waals surface area contributed by atoms with E-state index >= 15 is 0 Å². The van der Waals surface area contributed by atoms with E-state index in [1.807, 2.05) is 0 Å². The number of oxime groups is 1. The summed E-state index contributed by atoms with van der Waals surface area (Å²) in [7, 11) is 0. The Balaban J connectivity index is 2.76. The van der Waals surface area contributed by atoms with Gasteiger partial charge in [-0.25, -0.2) is 4.39 Å². The van der Waals surface area contributed by atoms with Crippen LogP contribution in [0.1, 0.15) is 30.9 Å². The summed E-state index contributed by atoms with van der Waals surface area (Å²) in [5, 5.41) is 11.5. The molecule has 0 aliphatic carbocycles. The third-order valence-corrected chi connectivity index (χ3v) is 2.36. The van der Waals surface area contributed by atoms with Crippen LogP contribution >= 0.6 is 0 Å². The third kappa shape index (κ3) is 4.03. The molecule has 0 aromatic heterocycles. The van der Waals surface area contributed by atoms with Crippen LogP contribution in [0.3, 0.4) is 0 Å². The molecule has 1 aromatic carbocycles. The maximum absolute atomic E-state index is 13.1. The van der Waals surface area contributed by atoms with Crippen LogP contribution < -0.4 is 5.73 Å². The van der Waals surface area contributed by atoms with Crippen molar-refractivity contribution in [2.75, 3.05) is 6.61 Å². The van der Waals surface area contributed by atoms with E-state index in [0.29, 0.717) is 24.3 Å². The molecule has 1 rings (SSSR count). The predicted octanol–water partition coefficient (Wildman–Crippen LogP) is 2.24. The summed E-state index contributed by atoms with van der Waals surface area (Å²) in [6.45, 7) is 3.04. The highest BCUT2D eigenvalue weighted by Gasteiger charge is 2.08. The zero-order valence-electron chi connectivity index (χ0n) is 9.82. The first-order valence-electron chi connectivity index (χ1n) is 5.53. The Labute approximate surface area is 99.9 Å². The monoisotopic (exact) mass is 240 g/mol. The van der Waals surface area contributed by atoms with Gasteiger partial charge in [-0.1, -0.05) is 24.6 Å². The highest BCUT2D eigenvalue weighted by molar-refractivity contribution is 5.98. The van der Waals surface area contributed by atoms with Crippen LogP contribution in [0, 0.1) is 5.82 Å². The lowest BCUT2D eigenvalue weighted by atomic mass is 10.1. The summed E-state index contributed by atoms with van der Waals surface area (Å²) in [5.74, 6) is -0.539. The zero-order valence-corrected chi connectivity index (χ0v) is 9.82. The minimum Gasteiger partial charge on any atom is -0.409 e. The fourth-order valence-electron chi connectivity index (χ4n) is 1.40. The molecule has 0 aliphatic rings. The SMILES string of the molecule is CCCCOCc1ccc(F)cc1C(N)=NO. The summed E-state index contributed by atoms with van der Waals surface area (Å²) < 4.78 is 18.5. The molecule has 0 fully saturated rings. The second-order valence-electron chi connectivity index (χ2n) is 3.69. The second-order valence-corrected chi connectivity index (χ2v) is 3.69. The van der Waals surface area contributed by atoms with Gasteiger partial charge in [0.2, 0.25) is 0 Å². The molecule has 0 spiro atoms. The van der Waals surface area contributed by atoms with Gasteiger partial charge in [0.25, 0.3) is 0 Å². The van der Waals surface area contributed by atoms with E-state index in [0.717, 1.165) is 12.8 Å². The molecular weight excluding hydrogens is 223 g/mol. The number of nitrogens with zero attached hydrogens (tertiary/aromatic N) is 1. The van der Waals surface area contributed by atoms with Crippen LogP contribution in [0.4, 0.5) is 4.39 Å². The third-order valence-electron chi connectivity index (χ3n) is 2.36. The number of ether oxygens (including phenoxy) is 1. The molecule has 94 valence electrons. The minimum absolute atomic E-state index is 0.112. The fraction of sp³-hybridized carbons (Fsp3) is 0.417. The van der Waals surface area contributed by atoms with Gasteiger partial charge < -0.3 is 15.7 Å². The van der Waals surface area contributed by atoms with E-state index in [-0.39, 0.29) is 5.84 Å². The van der Waals surface area contributed by atoms with Gasteiger partial charge in [-0.05, 0) is 24.1 Å². The van der Waals surface area contributed by atoms with Crippen LogP contribution in [0.15, 0.2) is 23.4 Å². The van der Waals surface area contributed by atoms with Crippen molar-refractivity contribution in [2.24, 2.45) is 10.9 Å². The van der Waals surface area contributed by atoms with E-state index in [4.69, 9.17) is 15.7 Å². The van der Waals surface area contributed by atoms with Gasteiger partial charge in [0.15, 0.2) is 5.84 Å². The van der Waals surface area contributed by atoms with Crippen molar-refractivity contribution >= 4 is 5.84 Å². The van der Waals surface area contributed by atoms with Gasteiger partial charge >= 0.3 is 0 Å². The Morgan fingerprint density at radius 3 is 2.94 bits per heavy atom. The topological polar surface area (TPSA) is 67.8 Å². The van der Waals surface area contributed by atoms with Gasteiger partial charge in [-0.3, -0.25) is 0 Å². The predicted molar refractivity (Wildman–Crippen MR) is 63.5 cm³/mol. The molecular formula is C12H17FN2O2. The number of nitrogens with two attached hydrogens (primary N) is 1. The molecule has 0 radical (unpaired) electrons. The van der Waals surface area contributed by atoms with Crippen molar-refractivity contribution < 1.29 is 14.3 Å². The van der Waals surface area contributed by atoms with Crippen molar-refractivity contribution in [1.29, 1.82) is 0 Å². The lowest BCUT2D eigenvalue weighted by Gasteiger charge is -2.09. The lowest BCUT2D eigenvalue weighted by molar-refractivity contribution is 0.118. The Morgan fingerprint density at radius 1 is 1.53 bits per heavy atom. The smallest absolute Gasteiger partial charge is 0.170 e. The van der Waals surface area contributed by atoms with Gasteiger partial charge in [-0.2, -0.15) is 0 Å². The summed E-state index contributed by atoms with van der Waals surface area (Å²) in [5.41, 5.74) is 6.54. The van der Waals surface area contributed by atoms with E-state index in [2.05, 4.69) is 12.1 Å². The minimum atomic E-state index is -0.427. The Kier molecular flexibility index (Phi) is 5.42. The molecule has 0 bridgehead atoms. The van der Waals surface area contributed by atoms with Crippen molar-refractivity contribution in [1.82, 2.24) is 0 Å². The maximum atomic E-state index is 13.1. The van der Waals surface area contributed by atoms with Crippen molar-refractivity contribution in [2.45, 2.75) is 26.4 Å². The van der Waals surface area contributed by atoms with E-state index in [1.54, 1.807) is 6.07 Å². The van der Waals surface area contributed by atoms with Gasteiger partial charge in [0, 0.05) is 12.2 Å². The molecule has 0 saturated heterocycles.